The van der Waals surface area contributed by atoms with Gasteiger partial charge in [0.15, 0.2) is 5.58 Å². The van der Waals surface area contributed by atoms with Gasteiger partial charge in [-0.2, -0.15) is 0 Å². The van der Waals surface area contributed by atoms with E-state index < -0.39 is 0 Å². The Hall–Kier alpha value is -1.81. The highest BCUT2D eigenvalue weighted by atomic mass is 79.9. The van der Waals surface area contributed by atoms with Gasteiger partial charge >= 0.3 is 0 Å². The number of hydrogen-bond acceptors (Lipinski definition) is 3. The van der Waals surface area contributed by atoms with Crippen molar-refractivity contribution in [3.63, 3.8) is 0 Å². The minimum atomic E-state index is 0.554. The summed E-state index contributed by atoms with van der Waals surface area (Å²) in [5.74, 6) is 0.554. The Morgan fingerprint density at radius 1 is 1.17 bits per heavy atom. The minimum Gasteiger partial charge on any atom is -0.436 e. The summed E-state index contributed by atoms with van der Waals surface area (Å²) in [7, 11) is 0. The Kier molecular flexibility index (Phi) is 2.59. The molecule has 3 nitrogen and oxygen atoms in total. The van der Waals surface area contributed by atoms with E-state index in [1.165, 1.54) is 0 Å². The quantitative estimate of drug-likeness (QED) is 0.687. The number of para-hydroxylation sites is 2. The monoisotopic (exact) mass is 302 g/mol. The summed E-state index contributed by atoms with van der Waals surface area (Å²) in [6.07, 6.45) is 0. The molecule has 0 saturated heterocycles. The van der Waals surface area contributed by atoms with E-state index in [1.807, 2.05) is 43.3 Å². The van der Waals surface area contributed by atoms with Crippen molar-refractivity contribution < 1.29 is 4.42 Å². The van der Waals surface area contributed by atoms with Crippen LogP contribution in [-0.4, -0.2) is 4.98 Å². The van der Waals surface area contributed by atoms with Crippen LogP contribution >= 0.6 is 15.9 Å². The number of nitrogens with zero attached hydrogens (tertiary/aromatic N) is 1. The first-order valence-corrected chi connectivity index (χ1v) is 6.36. The lowest BCUT2D eigenvalue weighted by atomic mass is 10.2. The number of halogens is 1. The van der Waals surface area contributed by atoms with Gasteiger partial charge in [-0.3, -0.25) is 0 Å². The molecule has 3 aromatic rings. The third-order valence-corrected chi connectivity index (χ3v) is 3.60. The average molecular weight is 303 g/mol. The highest BCUT2D eigenvalue weighted by Gasteiger charge is 2.13. The molecule has 0 bridgehead atoms. The van der Waals surface area contributed by atoms with Crippen molar-refractivity contribution in [2.45, 2.75) is 6.92 Å². The molecule has 1 heterocycles. The number of aromatic nitrogens is 1. The minimum absolute atomic E-state index is 0.554. The van der Waals surface area contributed by atoms with E-state index in [0.717, 1.165) is 26.7 Å². The van der Waals surface area contributed by atoms with E-state index >= 15 is 0 Å². The zero-order chi connectivity index (χ0) is 12.7. The topological polar surface area (TPSA) is 52.0 Å². The number of oxazole rings is 1. The molecule has 0 fully saturated rings. The molecule has 2 aromatic carbocycles. The molecule has 0 saturated carbocycles. The number of hydrogen-bond donors (Lipinski definition) is 1. The second-order valence-corrected chi connectivity index (χ2v) is 5.00. The highest BCUT2D eigenvalue weighted by Crippen LogP contribution is 2.33. The van der Waals surface area contributed by atoms with Gasteiger partial charge in [-0.25, -0.2) is 4.98 Å². The molecule has 0 unspecified atom stereocenters. The molecule has 0 amide bonds. The molecule has 18 heavy (non-hydrogen) atoms. The second kappa shape index (κ2) is 4.14. The van der Waals surface area contributed by atoms with Gasteiger partial charge in [0.2, 0.25) is 5.89 Å². The predicted octanol–water partition coefficient (Wildman–Crippen LogP) is 4.15. The maximum Gasteiger partial charge on any atom is 0.229 e. The van der Waals surface area contributed by atoms with Crippen LogP contribution in [0.4, 0.5) is 5.69 Å². The summed E-state index contributed by atoms with van der Waals surface area (Å²) in [6.45, 7) is 2.01. The average Bonchev–Trinajstić information content (AvgIpc) is 2.78. The number of aryl methyl sites for hydroxylation is 1. The molecule has 1 aromatic heterocycles. The molecule has 3 rings (SSSR count). The fourth-order valence-electron chi connectivity index (χ4n) is 1.92. The molecule has 0 radical (unpaired) electrons. The van der Waals surface area contributed by atoms with Crippen molar-refractivity contribution in [2.75, 3.05) is 5.73 Å². The van der Waals surface area contributed by atoms with Gasteiger partial charge < -0.3 is 10.2 Å². The zero-order valence-corrected chi connectivity index (χ0v) is 11.4. The molecule has 0 aliphatic carbocycles. The van der Waals surface area contributed by atoms with Gasteiger partial charge in [-0.15, -0.1) is 0 Å². The first-order valence-electron chi connectivity index (χ1n) is 5.57. The molecule has 0 spiro atoms. The SMILES string of the molecule is Cc1cccc2oc(-c3cccc(Br)c3N)nc12. The van der Waals surface area contributed by atoms with Gasteiger partial charge in [-0.1, -0.05) is 18.2 Å². The van der Waals surface area contributed by atoms with Crippen LogP contribution in [0.1, 0.15) is 5.56 Å². The molecule has 2 N–H and O–H groups in total. The summed E-state index contributed by atoms with van der Waals surface area (Å²) in [5, 5.41) is 0. The van der Waals surface area contributed by atoms with Crippen molar-refractivity contribution in [1.29, 1.82) is 0 Å². The van der Waals surface area contributed by atoms with E-state index in [-0.39, 0.29) is 0 Å². The Balaban J connectivity index is 2.26. The Labute approximate surface area is 113 Å². The van der Waals surface area contributed by atoms with Crippen LogP contribution in [0.5, 0.6) is 0 Å². The summed E-state index contributed by atoms with van der Waals surface area (Å²) in [4.78, 5) is 4.52. The van der Waals surface area contributed by atoms with Crippen LogP contribution in [0.15, 0.2) is 45.3 Å². The fraction of sp³-hybridized carbons (Fsp3) is 0.0714. The lowest BCUT2D eigenvalue weighted by Crippen LogP contribution is -1.91. The smallest absolute Gasteiger partial charge is 0.229 e. The van der Waals surface area contributed by atoms with Gasteiger partial charge in [0.1, 0.15) is 5.52 Å². The maximum atomic E-state index is 6.03. The van der Waals surface area contributed by atoms with Gasteiger partial charge in [0, 0.05) is 4.47 Å². The molecule has 0 atom stereocenters. The Morgan fingerprint density at radius 2 is 1.94 bits per heavy atom. The van der Waals surface area contributed by atoms with E-state index in [1.54, 1.807) is 0 Å². The van der Waals surface area contributed by atoms with Crippen LogP contribution in [0.2, 0.25) is 0 Å². The van der Waals surface area contributed by atoms with E-state index in [2.05, 4.69) is 20.9 Å². The van der Waals surface area contributed by atoms with Crippen LogP contribution in [-0.2, 0) is 0 Å². The van der Waals surface area contributed by atoms with Crippen LogP contribution < -0.4 is 5.73 Å². The van der Waals surface area contributed by atoms with Crippen LogP contribution in [0.25, 0.3) is 22.6 Å². The Morgan fingerprint density at radius 3 is 2.72 bits per heavy atom. The zero-order valence-electron chi connectivity index (χ0n) is 9.77. The van der Waals surface area contributed by atoms with Crippen molar-refractivity contribution in [3.8, 4) is 11.5 Å². The number of fused-ring (bicyclic) bond motifs is 1. The lowest BCUT2D eigenvalue weighted by molar-refractivity contribution is 0.620. The van der Waals surface area contributed by atoms with Crippen molar-refractivity contribution in [2.24, 2.45) is 0 Å². The molecule has 0 aliphatic rings. The largest absolute Gasteiger partial charge is 0.436 e. The van der Waals surface area contributed by atoms with Gasteiger partial charge in [0.25, 0.3) is 0 Å². The first kappa shape index (κ1) is 11.3. The number of nitrogen functional groups attached to an aromatic ring is 1. The van der Waals surface area contributed by atoms with Crippen molar-refractivity contribution in [1.82, 2.24) is 4.98 Å². The lowest BCUT2D eigenvalue weighted by Gasteiger charge is -2.02. The third kappa shape index (κ3) is 1.69. The Bertz CT molecular complexity index is 734. The van der Waals surface area contributed by atoms with E-state index in [9.17, 15) is 0 Å². The summed E-state index contributed by atoms with van der Waals surface area (Å²) in [6, 6.07) is 11.6. The van der Waals surface area contributed by atoms with Crippen molar-refractivity contribution in [3.05, 3.63) is 46.4 Å². The third-order valence-electron chi connectivity index (χ3n) is 2.90. The molecular formula is C14H11BrN2O. The molecule has 90 valence electrons. The summed E-state index contributed by atoms with van der Waals surface area (Å²) in [5.41, 5.74) is 10.2. The molecular weight excluding hydrogens is 292 g/mol. The second-order valence-electron chi connectivity index (χ2n) is 4.14. The van der Waals surface area contributed by atoms with E-state index in [4.69, 9.17) is 10.2 Å². The summed E-state index contributed by atoms with van der Waals surface area (Å²) >= 11 is 3.41. The number of benzene rings is 2. The van der Waals surface area contributed by atoms with Crippen LogP contribution in [0.3, 0.4) is 0 Å². The predicted molar refractivity (Wildman–Crippen MR) is 76.3 cm³/mol. The highest BCUT2D eigenvalue weighted by molar-refractivity contribution is 9.10. The van der Waals surface area contributed by atoms with Crippen molar-refractivity contribution >= 4 is 32.7 Å². The van der Waals surface area contributed by atoms with E-state index in [0.29, 0.717) is 11.6 Å². The standard InChI is InChI=1S/C14H11BrN2O/c1-8-4-2-7-11-13(8)17-14(18-11)9-5-3-6-10(15)12(9)16/h2-7H,16H2,1H3. The maximum absolute atomic E-state index is 6.03. The number of rotatable bonds is 1. The van der Waals surface area contributed by atoms with Crippen LogP contribution in [0, 0.1) is 6.92 Å². The molecule has 4 heteroatoms. The van der Waals surface area contributed by atoms with Gasteiger partial charge in [0.05, 0.1) is 11.3 Å². The summed E-state index contributed by atoms with van der Waals surface area (Å²) < 4.78 is 6.61. The number of anilines is 1. The molecule has 0 aliphatic heterocycles. The normalized spacial score (nSPS) is 11.0. The first-order chi connectivity index (χ1) is 8.66. The fourth-order valence-corrected chi connectivity index (χ4v) is 2.29. The van der Waals surface area contributed by atoms with Gasteiger partial charge in [-0.05, 0) is 46.6 Å². The number of nitrogens with two attached hydrogens (primary N) is 1.